The fraction of sp³-hybridized carbons (Fsp3) is 0.276. The Morgan fingerprint density at radius 3 is 2.38 bits per heavy atom. The SMILES string of the molecule is O=C(NCc1cccc(Cl)c1)C1CCN(Cc2cc3ccccc3n2Cc2ccccc2)CC1. The highest BCUT2D eigenvalue weighted by molar-refractivity contribution is 6.30. The molecule has 2 heterocycles. The van der Waals surface area contributed by atoms with Crippen LogP contribution in [0.1, 0.15) is 29.7 Å². The van der Waals surface area contributed by atoms with Gasteiger partial charge < -0.3 is 9.88 Å². The van der Waals surface area contributed by atoms with Crippen molar-refractivity contribution in [2.75, 3.05) is 13.1 Å². The standard InChI is InChI=1S/C29H30ClN3O/c30-26-11-6-9-23(17-26)19-31-29(34)24-13-15-32(16-14-24)21-27-18-25-10-4-5-12-28(25)33(27)20-22-7-2-1-3-8-22/h1-12,17-18,24H,13-16,19-21H2,(H,31,34). The number of likely N-dealkylation sites (tertiary alicyclic amines) is 1. The number of amides is 1. The fourth-order valence-corrected chi connectivity index (χ4v) is 5.13. The largest absolute Gasteiger partial charge is 0.352 e. The molecule has 5 heteroatoms. The van der Waals surface area contributed by atoms with Gasteiger partial charge in [0, 0.05) is 41.8 Å². The number of nitrogens with zero attached hydrogens (tertiary/aromatic N) is 2. The molecule has 1 aromatic heterocycles. The lowest BCUT2D eigenvalue weighted by atomic mass is 9.95. The van der Waals surface area contributed by atoms with Crippen molar-refractivity contribution >= 4 is 28.4 Å². The summed E-state index contributed by atoms with van der Waals surface area (Å²) in [5, 5.41) is 5.07. The van der Waals surface area contributed by atoms with E-state index in [1.54, 1.807) is 0 Å². The van der Waals surface area contributed by atoms with Crippen LogP contribution in [0.25, 0.3) is 10.9 Å². The van der Waals surface area contributed by atoms with Crippen molar-refractivity contribution in [3.05, 3.63) is 107 Å². The molecule has 4 nitrogen and oxygen atoms in total. The van der Waals surface area contributed by atoms with Crippen LogP contribution in [0.2, 0.25) is 5.02 Å². The number of carbonyl (C=O) groups is 1. The lowest BCUT2D eigenvalue weighted by Crippen LogP contribution is -2.40. The van der Waals surface area contributed by atoms with Crippen molar-refractivity contribution in [2.24, 2.45) is 5.92 Å². The number of rotatable bonds is 7. The summed E-state index contributed by atoms with van der Waals surface area (Å²) in [5.41, 5.74) is 4.94. The number of piperidine rings is 1. The lowest BCUT2D eigenvalue weighted by molar-refractivity contribution is -0.126. The molecule has 4 aromatic rings. The number of aromatic nitrogens is 1. The Hall–Kier alpha value is -3.08. The highest BCUT2D eigenvalue weighted by Gasteiger charge is 2.25. The van der Waals surface area contributed by atoms with Crippen molar-refractivity contribution in [1.82, 2.24) is 14.8 Å². The third-order valence-electron chi connectivity index (χ3n) is 6.78. The average Bonchev–Trinajstić information content (AvgIpc) is 3.20. The Labute approximate surface area is 206 Å². The van der Waals surface area contributed by atoms with Gasteiger partial charge in [0.15, 0.2) is 0 Å². The minimum atomic E-state index is 0.0746. The molecule has 0 radical (unpaired) electrons. The van der Waals surface area contributed by atoms with E-state index in [0.29, 0.717) is 11.6 Å². The molecule has 1 amide bonds. The van der Waals surface area contributed by atoms with Gasteiger partial charge in [0.05, 0.1) is 0 Å². The van der Waals surface area contributed by atoms with Crippen LogP contribution in [0.4, 0.5) is 0 Å². The number of hydrogen-bond acceptors (Lipinski definition) is 2. The van der Waals surface area contributed by atoms with E-state index >= 15 is 0 Å². The molecule has 1 saturated heterocycles. The second-order valence-electron chi connectivity index (χ2n) is 9.16. The van der Waals surface area contributed by atoms with Crippen molar-refractivity contribution in [1.29, 1.82) is 0 Å². The maximum absolute atomic E-state index is 12.7. The van der Waals surface area contributed by atoms with E-state index in [2.05, 4.69) is 75.4 Å². The third kappa shape index (κ3) is 5.35. The van der Waals surface area contributed by atoms with Gasteiger partial charge in [0.25, 0.3) is 0 Å². The maximum atomic E-state index is 12.7. The number of benzene rings is 3. The molecule has 0 saturated carbocycles. The number of carbonyl (C=O) groups excluding carboxylic acids is 1. The van der Waals surface area contributed by atoms with Crippen LogP contribution in [0, 0.1) is 5.92 Å². The molecule has 174 valence electrons. The summed E-state index contributed by atoms with van der Waals surface area (Å²) in [4.78, 5) is 15.2. The Kier molecular flexibility index (Phi) is 6.98. The molecule has 1 aliphatic rings. The fourth-order valence-electron chi connectivity index (χ4n) is 4.91. The van der Waals surface area contributed by atoms with E-state index in [-0.39, 0.29) is 11.8 Å². The molecule has 5 rings (SSSR count). The Morgan fingerprint density at radius 2 is 1.59 bits per heavy atom. The Morgan fingerprint density at radius 1 is 0.853 bits per heavy atom. The first kappa shape index (κ1) is 22.7. The summed E-state index contributed by atoms with van der Waals surface area (Å²) < 4.78 is 2.44. The van der Waals surface area contributed by atoms with Gasteiger partial charge in [0.1, 0.15) is 0 Å². The van der Waals surface area contributed by atoms with Crippen LogP contribution < -0.4 is 5.32 Å². The van der Waals surface area contributed by atoms with Crippen LogP contribution in [-0.2, 0) is 24.4 Å². The van der Waals surface area contributed by atoms with Crippen LogP contribution in [-0.4, -0.2) is 28.5 Å². The first-order valence-electron chi connectivity index (χ1n) is 12.0. The van der Waals surface area contributed by atoms with E-state index < -0.39 is 0 Å². The minimum Gasteiger partial charge on any atom is -0.352 e. The zero-order chi connectivity index (χ0) is 23.3. The van der Waals surface area contributed by atoms with E-state index in [9.17, 15) is 4.79 Å². The molecule has 0 atom stereocenters. The van der Waals surface area contributed by atoms with Crippen molar-refractivity contribution in [2.45, 2.75) is 32.5 Å². The van der Waals surface area contributed by atoms with E-state index in [1.165, 1.54) is 22.2 Å². The number of para-hydroxylation sites is 1. The molecule has 0 aliphatic carbocycles. The molecular weight excluding hydrogens is 442 g/mol. The van der Waals surface area contributed by atoms with Gasteiger partial charge >= 0.3 is 0 Å². The zero-order valence-corrected chi connectivity index (χ0v) is 20.0. The molecule has 0 unspecified atom stereocenters. The van der Waals surface area contributed by atoms with E-state index in [0.717, 1.165) is 44.6 Å². The first-order valence-corrected chi connectivity index (χ1v) is 12.4. The molecule has 0 bridgehead atoms. The minimum absolute atomic E-state index is 0.0746. The van der Waals surface area contributed by atoms with Gasteiger partial charge in [0.2, 0.25) is 5.91 Å². The number of nitrogens with one attached hydrogen (secondary N) is 1. The van der Waals surface area contributed by atoms with Crippen LogP contribution in [0.5, 0.6) is 0 Å². The van der Waals surface area contributed by atoms with E-state index in [4.69, 9.17) is 11.6 Å². The maximum Gasteiger partial charge on any atom is 0.223 e. The van der Waals surface area contributed by atoms with Gasteiger partial charge in [-0.25, -0.2) is 0 Å². The molecule has 0 spiro atoms. The smallest absolute Gasteiger partial charge is 0.223 e. The highest BCUT2D eigenvalue weighted by atomic mass is 35.5. The number of fused-ring (bicyclic) bond motifs is 1. The molecule has 3 aromatic carbocycles. The zero-order valence-electron chi connectivity index (χ0n) is 19.3. The summed E-state index contributed by atoms with van der Waals surface area (Å²) >= 11 is 6.05. The molecule has 1 fully saturated rings. The van der Waals surface area contributed by atoms with Gasteiger partial charge in [-0.05, 0) is 66.7 Å². The predicted octanol–water partition coefficient (Wildman–Crippen LogP) is 5.87. The summed E-state index contributed by atoms with van der Waals surface area (Å²) in [7, 11) is 0. The molecule has 34 heavy (non-hydrogen) atoms. The number of hydrogen-bond donors (Lipinski definition) is 1. The molecular formula is C29H30ClN3O. The van der Waals surface area contributed by atoms with Crippen molar-refractivity contribution in [3.8, 4) is 0 Å². The van der Waals surface area contributed by atoms with Crippen LogP contribution in [0.15, 0.2) is 84.9 Å². The third-order valence-corrected chi connectivity index (χ3v) is 7.01. The average molecular weight is 472 g/mol. The summed E-state index contributed by atoms with van der Waals surface area (Å²) in [6.45, 7) is 4.16. The van der Waals surface area contributed by atoms with Crippen molar-refractivity contribution < 1.29 is 4.79 Å². The van der Waals surface area contributed by atoms with Gasteiger partial charge in [-0.2, -0.15) is 0 Å². The monoisotopic (exact) mass is 471 g/mol. The van der Waals surface area contributed by atoms with Gasteiger partial charge in [-0.1, -0.05) is 72.3 Å². The first-order chi connectivity index (χ1) is 16.7. The predicted molar refractivity (Wildman–Crippen MR) is 139 cm³/mol. The van der Waals surface area contributed by atoms with Crippen LogP contribution in [0.3, 0.4) is 0 Å². The molecule has 1 N–H and O–H groups in total. The highest BCUT2D eigenvalue weighted by Crippen LogP contribution is 2.25. The Balaban J connectivity index is 1.21. The van der Waals surface area contributed by atoms with E-state index in [1.807, 2.05) is 24.3 Å². The molecule has 1 aliphatic heterocycles. The number of halogens is 1. The topological polar surface area (TPSA) is 37.3 Å². The normalized spacial score (nSPS) is 15.0. The van der Waals surface area contributed by atoms with Crippen LogP contribution >= 0.6 is 11.6 Å². The second kappa shape index (κ2) is 10.5. The summed E-state index contributed by atoms with van der Waals surface area (Å²) in [6.07, 6.45) is 1.78. The quantitative estimate of drug-likeness (QED) is 0.366. The van der Waals surface area contributed by atoms with Crippen molar-refractivity contribution in [3.63, 3.8) is 0 Å². The second-order valence-corrected chi connectivity index (χ2v) is 9.60. The summed E-state index contributed by atoms with van der Waals surface area (Å²) in [5.74, 6) is 0.225. The lowest BCUT2D eigenvalue weighted by Gasteiger charge is -2.31. The van der Waals surface area contributed by atoms with Gasteiger partial charge in [-0.15, -0.1) is 0 Å². The Bertz CT molecular complexity index is 1260. The summed E-state index contributed by atoms with van der Waals surface area (Å²) in [6, 6.07) is 29.2. The van der Waals surface area contributed by atoms with Gasteiger partial charge in [-0.3, -0.25) is 9.69 Å².